The van der Waals surface area contributed by atoms with Crippen LogP contribution in [0.2, 0.25) is 0 Å². The van der Waals surface area contributed by atoms with Gasteiger partial charge in [-0.25, -0.2) is 25.5 Å². The van der Waals surface area contributed by atoms with Gasteiger partial charge in [-0.1, -0.05) is 60.7 Å². The Balaban J connectivity index is 1.19. The van der Waals surface area contributed by atoms with Crippen LogP contribution in [0.5, 0.6) is 5.75 Å². The number of hydrogen-bond donors (Lipinski definition) is 3. The molecule has 0 unspecified atom stereocenters. The summed E-state index contributed by atoms with van der Waals surface area (Å²) in [6.45, 7) is 6.31. The van der Waals surface area contributed by atoms with Crippen LogP contribution >= 0.6 is 0 Å². The van der Waals surface area contributed by atoms with Crippen LogP contribution in [-0.4, -0.2) is 76.0 Å². The van der Waals surface area contributed by atoms with Crippen LogP contribution < -0.4 is 22.1 Å². The molecule has 1 saturated heterocycles. The Bertz CT molecular complexity index is 1800. The van der Waals surface area contributed by atoms with Gasteiger partial charge in [-0.2, -0.15) is 0 Å². The molecule has 1 atom stereocenters. The maximum Gasteiger partial charge on any atom is 0.410 e. The van der Waals surface area contributed by atoms with Crippen molar-refractivity contribution in [3.8, 4) is 5.75 Å². The minimum atomic E-state index is -1.21. The number of nitrogens with zero attached hydrogens (tertiary/aromatic N) is 5. The van der Waals surface area contributed by atoms with Gasteiger partial charge in [0.2, 0.25) is 6.10 Å². The fourth-order valence-electron chi connectivity index (χ4n) is 5.36. The van der Waals surface area contributed by atoms with Crippen molar-refractivity contribution in [3.05, 3.63) is 120 Å². The molecule has 272 valence electrons. The molecule has 52 heavy (non-hydrogen) atoms. The number of pyridine rings is 2. The zero-order valence-corrected chi connectivity index (χ0v) is 29.4. The lowest BCUT2D eigenvalue weighted by molar-refractivity contribution is -0.163. The molecule has 1 amide bonds. The van der Waals surface area contributed by atoms with Gasteiger partial charge in [-0.05, 0) is 69.0 Å². The molecule has 0 bridgehead atoms. The van der Waals surface area contributed by atoms with Crippen molar-refractivity contribution >= 4 is 29.4 Å². The number of esters is 1. The van der Waals surface area contributed by atoms with E-state index >= 15 is 0 Å². The predicted molar refractivity (Wildman–Crippen MR) is 196 cm³/mol. The average molecular weight is 709 g/mol. The van der Waals surface area contributed by atoms with Crippen LogP contribution in [0.4, 0.5) is 10.5 Å². The van der Waals surface area contributed by atoms with Crippen molar-refractivity contribution < 1.29 is 28.6 Å². The van der Waals surface area contributed by atoms with Gasteiger partial charge in [0.15, 0.2) is 6.10 Å². The summed E-state index contributed by atoms with van der Waals surface area (Å²) in [6, 6.07) is 25.4. The van der Waals surface area contributed by atoms with Gasteiger partial charge >= 0.3 is 12.1 Å². The molecule has 0 saturated carbocycles. The number of hydrogen-bond acceptors (Lipinski definition) is 11. The molecule has 4 aromatic rings. The van der Waals surface area contributed by atoms with Gasteiger partial charge in [-0.15, -0.1) is 0 Å². The second-order valence-corrected chi connectivity index (χ2v) is 13.0. The highest BCUT2D eigenvalue weighted by Crippen LogP contribution is 2.27. The maximum atomic E-state index is 13.1. The van der Waals surface area contributed by atoms with Gasteiger partial charge in [0.05, 0.1) is 17.9 Å². The second kappa shape index (κ2) is 17.4. The average Bonchev–Trinajstić information content (AvgIpc) is 3.14. The Morgan fingerprint density at radius 1 is 0.885 bits per heavy atom. The third-order valence-corrected chi connectivity index (χ3v) is 7.97. The normalized spacial score (nSPS) is 14.9. The zero-order valence-electron chi connectivity index (χ0n) is 29.4. The van der Waals surface area contributed by atoms with Crippen molar-refractivity contribution in [2.45, 2.75) is 57.5 Å². The number of aliphatic imine (C=N–C) groups is 2. The number of amidine groups is 2. The molecule has 1 aliphatic heterocycles. The number of benzene rings is 2. The van der Waals surface area contributed by atoms with Crippen LogP contribution in [0.1, 0.15) is 62.2 Å². The minimum absolute atomic E-state index is 0.0932. The number of ether oxygens (including phenoxy) is 3. The largest absolute Gasteiger partial charge is 0.489 e. The number of carbonyl (C=O) groups is 2. The highest BCUT2D eigenvalue weighted by atomic mass is 16.7. The van der Waals surface area contributed by atoms with Crippen molar-refractivity contribution in [1.82, 2.24) is 14.9 Å². The molecule has 5 rings (SSSR count). The Morgan fingerprint density at radius 2 is 1.54 bits per heavy atom. The van der Waals surface area contributed by atoms with Gasteiger partial charge < -0.3 is 30.6 Å². The molecule has 2 aromatic carbocycles. The topological polar surface area (TPSA) is 203 Å². The number of carbonyl (C=O) groups excluding carboxylic acids is 2. The Morgan fingerprint density at radius 3 is 2.12 bits per heavy atom. The number of rotatable bonds is 12. The first-order chi connectivity index (χ1) is 25.0. The van der Waals surface area contributed by atoms with Crippen molar-refractivity contribution in [3.63, 3.8) is 0 Å². The fraction of sp³-hybridized carbons (Fsp3) is 0.316. The smallest absolute Gasteiger partial charge is 0.410 e. The number of amides is 1. The summed E-state index contributed by atoms with van der Waals surface area (Å²) in [6.07, 6.45) is 2.09. The van der Waals surface area contributed by atoms with E-state index in [0.29, 0.717) is 48.8 Å². The van der Waals surface area contributed by atoms with Crippen LogP contribution in [-0.2, 0) is 19.1 Å². The molecule has 0 radical (unpaired) electrons. The molecule has 0 aliphatic carbocycles. The molecular formula is C38H44N8O6. The van der Waals surface area contributed by atoms with E-state index in [1.807, 2.05) is 81.4 Å². The quantitative estimate of drug-likeness (QED) is 0.0804. The van der Waals surface area contributed by atoms with Gasteiger partial charge in [0.1, 0.15) is 41.0 Å². The number of piperidine rings is 1. The van der Waals surface area contributed by atoms with Gasteiger partial charge in [-0.3, -0.25) is 14.8 Å². The number of aromatic nitrogens is 2. The predicted octanol–water partition coefficient (Wildman–Crippen LogP) is 4.59. The van der Waals surface area contributed by atoms with Crippen LogP contribution in [0, 0.1) is 0 Å². The SMILES string of the molecule is CC(C)(C)OC(=O)N1CCC(N=C(N)c2ncccc2N=C(N)c2ccc(OC[C@@H](ON)C(=O)OC(c3ccccc3)c3ccccc3)cn2)CC1. The van der Waals surface area contributed by atoms with Crippen molar-refractivity contribution in [1.29, 1.82) is 0 Å². The lowest BCUT2D eigenvalue weighted by atomic mass is 10.0. The second-order valence-electron chi connectivity index (χ2n) is 13.0. The van der Waals surface area contributed by atoms with E-state index < -0.39 is 23.8 Å². The fourth-order valence-corrected chi connectivity index (χ4v) is 5.36. The van der Waals surface area contributed by atoms with E-state index in [-0.39, 0.29) is 30.4 Å². The van der Waals surface area contributed by atoms with E-state index in [9.17, 15) is 9.59 Å². The molecule has 2 aromatic heterocycles. The molecule has 14 heteroatoms. The molecule has 1 fully saturated rings. The van der Waals surface area contributed by atoms with E-state index in [4.69, 9.17) is 36.4 Å². The molecule has 14 nitrogen and oxygen atoms in total. The standard InChI is InChI=1S/C38H44N8O6/c1-38(2,3)51-37(48)46-21-18-27(19-22-46)44-35(40)32-29(15-10-20-42-32)45-34(39)30-17-16-28(23-43-30)49-24-31(52-41)36(47)50-33(25-11-6-4-7-12-25)26-13-8-5-9-14-26/h4-17,20,23,27,31,33H,18-19,21-22,24,41H2,1-3H3,(H2,39,45)(H2,40,44)/t31-/m1/s1. The summed E-state index contributed by atoms with van der Waals surface area (Å²) in [5.41, 5.74) is 14.9. The monoisotopic (exact) mass is 708 g/mol. The summed E-state index contributed by atoms with van der Waals surface area (Å²) < 4.78 is 17.1. The summed E-state index contributed by atoms with van der Waals surface area (Å²) >= 11 is 0. The van der Waals surface area contributed by atoms with Gasteiger partial charge in [0.25, 0.3) is 0 Å². The first-order valence-electron chi connectivity index (χ1n) is 16.9. The van der Waals surface area contributed by atoms with Crippen LogP contribution in [0.3, 0.4) is 0 Å². The summed E-state index contributed by atoms with van der Waals surface area (Å²) in [7, 11) is 0. The lowest BCUT2D eigenvalue weighted by Gasteiger charge is -2.32. The third-order valence-electron chi connectivity index (χ3n) is 7.97. The molecule has 6 N–H and O–H groups in total. The summed E-state index contributed by atoms with van der Waals surface area (Å²) in [4.78, 5) is 50.2. The number of nitrogens with two attached hydrogens (primary N) is 3. The van der Waals surface area contributed by atoms with E-state index in [1.54, 1.807) is 35.4 Å². The molecule has 0 spiro atoms. The Labute approximate surface area is 302 Å². The summed E-state index contributed by atoms with van der Waals surface area (Å²) in [5.74, 6) is 5.45. The highest BCUT2D eigenvalue weighted by Gasteiger charge is 2.28. The first kappa shape index (κ1) is 37.4. The first-order valence-corrected chi connectivity index (χ1v) is 16.9. The molecular weight excluding hydrogens is 664 g/mol. The minimum Gasteiger partial charge on any atom is -0.489 e. The van der Waals surface area contributed by atoms with Crippen molar-refractivity contribution in [2.75, 3.05) is 19.7 Å². The van der Waals surface area contributed by atoms with Crippen LogP contribution in [0.15, 0.2) is 107 Å². The van der Waals surface area contributed by atoms with E-state index in [2.05, 4.69) is 20.0 Å². The highest BCUT2D eigenvalue weighted by molar-refractivity contribution is 6.03. The van der Waals surface area contributed by atoms with Gasteiger partial charge in [0, 0.05) is 19.3 Å². The molecule has 3 heterocycles. The van der Waals surface area contributed by atoms with Crippen LogP contribution in [0.25, 0.3) is 0 Å². The summed E-state index contributed by atoms with van der Waals surface area (Å²) in [5, 5.41) is 0. The van der Waals surface area contributed by atoms with E-state index in [1.165, 1.54) is 6.20 Å². The third kappa shape index (κ3) is 10.3. The Hall–Kier alpha value is -5.86. The Kier molecular flexibility index (Phi) is 12.5. The lowest BCUT2D eigenvalue weighted by Crippen LogP contribution is -2.43. The maximum absolute atomic E-state index is 13.1. The number of likely N-dealkylation sites (tertiary alicyclic amines) is 1. The molecule has 1 aliphatic rings. The van der Waals surface area contributed by atoms with E-state index in [0.717, 1.165) is 11.1 Å². The van der Waals surface area contributed by atoms with Crippen molar-refractivity contribution in [2.24, 2.45) is 27.3 Å². The zero-order chi connectivity index (χ0) is 37.1.